The lowest BCUT2D eigenvalue weighted by Gasteiger charge is -2.16. The molecule has 7 nitrogen and oxygen atoms in total. The van der Waals surface area contributed by atoms with Crippen molar-refractivity contribution >= 4 is 11.7 Å². The van der Waals surface area contributed by atoms with Crippen LogP contribution in [0.3, 0.4) is 0 Å². The lowest BCUT2D eigenvalue weighted by atomic mass is 10.3. The Labute approximate surface area is 123 Å². The molecule has 0 aliphatic rings. The van der Waals surface area contributed by atoms with Gasteiger partial charge in [-0.15, -0.1) is 0 Å². The average Bonchev–Trinajstić information content (AvgIpc) is 2.93. The second-order valence-corrected chi connectivity index (χ2v) is 4.55. The lowest BCUT2D eigenvalue weighted by Crippen LogP contribution is -2.38. The van der Waals surface area contributed by atoms with Gasteiger partial charge in [0.1, 0.15) is 5.69 Å². The number of hydrogen-bond acceptors (Lipinski definition) is 4. The first kappa shape index (κ1) is 14.8. The first-order chi connectivity index (χ1) is 10.2. The highest BCUT2D eigenvalue weighted by molar-refractivity contribution is 5.90. The summed E-state index contributed by atoms with van der Waals surface area (Å²) in [4.78, 5) is 20.0. The Morgan fingerprint density at radius 3 is 3.05 bits per heavy atom. The molecule has 0 spiro atoms. The molecule has 2 heterocycles. The third kappa shape index (κ3) is 4.48. The van der Waals surface area contributed by atoms with E-state index >= 15 is 0 Å². The number of amides is 2. The van der Waals surface area contributed by atoms with Crippen LogP contribution in [-0.2, 0) is 6.54 Å². The number of ether oxygens (including phenoxy) is 1. The number of rotatable bonds is 6. The van der Waals surface area contributed by atoms with E-state index in [1.165, 1.54) is 0 Å². The Hall–Kier alpha value is -2.57. The quantitative estimate of drug-likeness (QED) is 0.851. The predicted octanol–water partition coefficient (Wildman–Crippen LogP) is 1.89. The van der Waals surface area contributed by atoms with Gasteiger partial charge in [0.25, 0.3) is 0 Å². The second kappa shape index (κ2) is 7.28. The molecule has 1 unspecified atom stereocenters. The highest BCUT2D eigenvalue weighted by Crippen LogP contribution is 2.20. The van der Waals surface area contributed by atoms with Crippen LogP contribution in [0.4, 0.5) is 10.5 Å². The zero-order chi connectivity index (χ0) is 15.1. The van der Waals surface area contributed by atoms with Crippen molar-refractivity contribution in [3.63, 3.8) is 0 Å². The first-order valence-electron chi connectivity index (χ1n) is 6.80. The van der Waals surface area contributed by atoms with Gasteiger partial charge in [0.05, 0.1) is 12.9 Å². The van der Waals surface area contributed by atoms with Gasteiger partial charge < -0.3 is 19.9 Å². The van der Waals surface area contributed by atoms with Crippen molar-refractivity contribution < 1.29 is 9.53 Å². The van der Waals surface area contributed by atoms with E-state index in [9.17, 15) is 4.79 Å². The Bertz CT molecular complexity index is 571. The van der Waals surface area contributed by atoms with Gasteiger partial charge >= 0.3 is 6.03 Å². The summed E-state index contributed by atoms with van der Waals surface area (Å²) in [6, 6.07) is 3.16. The van der Waals surface area contributed by atoms with Crippen molar-refractivity contribution in [3.8, 4) is 5.88 Å². The zero-order valence-corrected chi connectivity index (χ0v) is 12.1. The van der Waals surface area contributed by atoms with Crippen LogP contribution in [0.15, 0.2) is 37.1 Å². The van der Waals surface area contributed by atoms with Gasteiger partial charge in [-0.3, -0.25) is 0 Å². The van der Waals surface area contributed by atoms with Crippen LogP contribution >= 0.6 is 0 Å². The van der Waals surface area contributed by atoms with E-state index in [2.05, 4.69) is 20.6 Å². The summed E-state index contributed by atoms with van der Waals surface area (Å²) in [6.07, 6.45) is 6.89. The highest BCUT2D eigenvalue weighted by atomic mass is 16.5. The van der Waals surface area contributed by atoms with Gasteiger partial charge in [0.15, 0.2) is 0 Å². The second-order valence-electron chi connectivity index (χ2n) is 4.55. The van der Waals surface area contributed by atoms with Gasteiger partial charge in [0.2, 0.25) is 5.88 Å². The van der Waals surface area contributed by atoms with Crippen molar-refractivity contribution in [2.75, 3.05) is 11.9 Å². The van der Waals surface area contributed by atoms with Gasteiger partial charge in [-0.2, -0.15) is 0 Å². The number of nitrogens with zero attached hydrogens (tertiary/aromatic N) is 3. The molecule has 0 fully saturated rings. The number of nitrogens with one attached hydrogen (secondary N) is 2. The van der Waals surface area contributed by atoms with Gasteiger partial charge in [-0.1, -0.05) is 0 Å². The molecule has 0 aliphatic heterocycles. The van der Waals surface area contributed by atoms with Crippen molar-refractivity contribution in [1.82, 2.24) is 19.9 Å². The molecule has 0 saturated carbocycles. The van der Waals surface area contributed by atoms with Crippen LogP contribution in [0, 0.1) is 0 Å². The Morgan fingerprint density at radius 1 is 1.48 bits per heavy atom. The van der Waals surface area contributed by atoms with Crippen LogP contribution in [0.25, 0.3) is 0 Å². The maximum absolute atomic E-state index is 12.0. The van der Waals surface area contributed by atoms with E-state index in [0.717, 1.165) is 0 Å². The summed E-state index contributed by atoms with van der Waals surface area (Å²) in [6.45, 7) is 4.93. The summed E-state index contributed by atoms with van der Waals surface area (Å²) in [5, 5.41) is 5.60. The van der Waals surface area contributed by atoms with Crippen LogP contribution in [0.5, 0.6) is 5.88 Å². The Morgan fingerprint density at radius 2 is 2.33 bits per heavy atom. The highest BCUT2D eigenvalue weighted by Gasteiger charge is 2.11. The molecule has 0 bridgehead atoms. The largest absolute Gasteiger partial charge is 0.476 e. The number of imidazole rings is 1. The van der Waals surface area contributed by atoms with Crippen molar-refractivity contribution in [2.24, 2.45) is 0 Å². The molecule has 2 amide bonds. The molecule has 2 N–H and O–H groups in total. The molecule has 7 heteroatoms. The van der Waals surface area contributed by atoms with E-state index in [1.807, 2.05) is 24.6 Å². The van der Waals surface area contributed by atoms with E-state index in [1.54, 1.807) is 30.9 Å². The fraction of sp³-hybridized carbons (Fsp3) is 0.357. The number of carbonyl (C=O) groups is 1. The molecule has 0 radical (unpaired) electrons. The van der Waals surface area contributed by atoms with Crippen LogP contribution < -0.4 is 15.4 Å². The van der Waals surface area contributed by atoms with Gasteiger partial charge in [-0.25, -0.2) is 14.8 Å². The van der Waals surface area contributed by atoms with Crippen LogP contribution in [0.1, 0.15) is 13.8 Å². The smallest absolute Gasteiger partial charge is 0.319 e. The van der Waals surface area contributed by atoms with Gasteiger partial charge in [0, 0.05) is 31.2 Å². The number of anilines is 1. The zero-order valence-electron chi connectivity index (χ0n) is 12.1. The molecule has 2 rings (SSSR count). The Balaban J connectivity index is 1.89. The molecule has 0 saturated heterocycles. The molecule has 21 heavy (non-hydrogen) atoms. The van der Waals surface area contributed by atoms with Crippen LogP contribution in [-0.4, -0.2) is 33.2 Å². The molecule has 0 aliphatic carbocycles. The van der Waals surface area contributed by atoms with E-state index in [0.29, 0.717) is 24.7 Å². The number of urea groups is 1. The average molecular weight is 289 g/mol. The normalized spacial score (nSPS) is 11.7. The molecular formula is C14H19N5O2. The number of hydrogen-bond donors (Lipinski definition) is 2. The topological polar surface area (TPSA) is 81.1 Å². The molecule has 1 atom stereocenters. The predicted molar refractivity (Wildman–Crippen MR) is 79.2 cm³/mol. The molecule has 2 aromatic heterocycles. The minimum absolute atomic E-state index is 0.0357. The summed E-state index contributed by atoms with van der Waals surface area (Å²) >= 11 is 0. The standard InChI is InChI=1S/C14H19N5O2/c1-3-21-13-12(5-4-6-16-13)18-14(20)17-11(2)9-19-8-7-15-10-19/h4-8,10-11H,3,9H2,1-2H3,(H2,17,18,20). The molecule has 2 aromatic rings. The van der Waals surface area contributed by atoms with Crippen molar-refractivity contribution in [1.29, 1.82) is 0 Å². The number of pyridine rings is 1. The summed E-state index contributed by atoms with van der Waals surface area (Å²) in [5.74, 6) is 0.414. The lowest BCUT2D eigenvalue weighted by molar-refractivity contribution is 0.247. The SMILES string of the molecule is CCOc1ncccc1NC(=O)NC(C)Cn1ccnc1. The summed E-state index contributed by atoms with van der Waals surface area (Å²) in [5.41, 5.74) is 0.548. The molecule has 0 aromatic carbocycles. The fourth-order valence-corrected chi connectivity index (χ4v) is 1.88. The summed E-state index contributed by atoms with van der Waals surface area (Å²) < 4.78 is 7.27. The maximum atomic E-state index is 12.0. The Kier molecular flexibility index (Phi) is 5.14. The monoisotopic (exact) mass is 289 g/mol. The fourth-order valence-electron chi connectivity index (χ4n) is 1.88. The van der Waals surface area contributed by atoms with Crippen molar-refractivity contribution in [2.45, 2.75) is 26.4 Å². The molecular weight excluding hydrogens is 270 g/mol. The molecule has 112 valence electrons. The third-order valence-corrected chi connectivity index (χ3v) is 2.72. The van der Waals surface area contributed by atoms with Gasteiger partial charge in [-0.05, 0) is 26.0 Å². The maximum Gasteiger partial charge on any atom is 0.319 e. The van der Waals surface area contributed by atoms with Crippen molar-refractivity contribution in [3.05, 3.63) is 37.1 Å². The number of carbonyl (C=O) groups excluding carboxylic acids is 1. The minimum Gasteiger partial charge on any atom is -0.476 e. The third-order valence-electron chi connectivity index (χ3n) is 2.72. The first-order valence-corrected chi connectivity index (χ1v) is 6.80. The van der Waals surface area contributed by atoms with Crippen LogP contribution in [0.2, 0.25) is 0 Å². The number of aromatic nitrogens is 3. The minimum atomic E-state index is -0.295. The van der Waals surface area contributed by atoms with E-state index < -0.39 is 0 Å². The van der Waals surface area contributed by atoms with E-state index in [-0.39, 0.29) is 12.1 Å². The summed E-state index contributed by atoms with van der Waals surface area (Å²) in [7, 11) is 0. The van der Waals surface area contributed by atoms with E-state index in [4.69, 9.17) is 4.74 Å².